The van der Waals surface area contributed by atoms with Gasteiger partial charge in [0.2, 0.25) is 5.13 Å². The van der Waals surface area contributed by atoms with Crippen LogP contribution in [0.3, 0.4) is 0 Å². The number of fused-ring (bicyclic) bond motifs is 1. The molecule has 6 heteroatoms. The minimum atomic E-state index is 0.862. The van der Waals surface area contributed by atoms with E-state index in [0.29, 0.717) is 0 Å². The zero-order valence-electron chi connectivity index (χ0n) is 14.2. The summed E-state index contributed by atoms with van der Waals surface area (Å²) in [6, 6.07) is 6.57. The second kappa shape index (κ2) is 7.27. The molecule has 0 spiro atoms. The molecule has 124 valence electrons. The molecule has 0 bridgehead atoms. The number of rotatable bonds is 5. The first-order valence-corrected chi connectivity index (χ1v) is 9.18. The van der Waals surface area contributed by atoms with Gasteiger partial charge in [-0.1, -0.05) is 25.2 Å². The van der Waals surface area contributed by atoms with Gasteiger partial charge in [0.25, 0.3) is 0 Å². The molecule has 1 fully saturated rings. The van der Waals surface area contributed by atoms with Crippen molar-refractivity contribution in [2.75, 3.05) is 43.0 Å². The number of thiazole rings is 1. The van der Waals surface area contributed by atoms with Crippen LogP contribution in [0.1, 0.15) is 27.2 Å². The largest absolute Gasteiger partial charge is 0.369 e. The Morgan fingerprint density at radius 3 is 2.74 bits per heavy atom. The molecule has 23 heavy (non-hydrogen) atoms. The third-order valence-electron chi connectivity index (χ3n) is 4.41. The predicted octanol–water partition coefficient (Wildman–Crippen LogP) is 3.64. The fraction of sp³-hybridized carbons (Fsp3) is 0.529. The Morgan fingerprint density at radius 2 is 2.04 bits per heavy atom. The Hall–Kier alpha value is -1.66. The van der Waals surface area contributed by atoms with E-state index in [1.807, 2.05) is 6.92 Å². The summed E-state index contributed by atoms with van der Waals surface area (Å²) in [5.74, 6) is 0. The third-order valence-corrected chi connectivity index (χ3v) is 5.33. The summed E-state index contributed by atoms with van der Waals surface area (Å²) >= 11 is 1.67. The number of anilines is 2. The molecule has 1 aromatic carbocycles. The van der Waals surface area contributed by atoms with E-state index < -0.39 is 0 Å². The van der Waals surface area contributed by atoms with Crippen LogP contribution in [0.15, 0.2) is 23.3 Å². The highest BCUT2D eigenvalue weighted by Gasteiger charge is 2.16. The van der Waals surface area contributed by atoms with Crippen LogP contribution in [-0.2, 0) is 0 Å². The minimum absolute atomic E-state index is 0.862. The number of hydrogen-bond acceptors (Lipinski definition) is 6. The van der Waals surface area contributed by atoms with Crippen molar-refractivity contribution in [3.05, 3.63) is 18.2 Å². The van der Waals surface area contributed by atoms with Gasteiger partial charge in [0, 0.05) is 37.6 Å². The second-order valence-electron chi connectivity index (χ2n) is 5.90. The highest BCUT2D eigenvalue weighted by molar-refractivity contribution is 7.22. The van der Waals surface area contributed by atoms with Crippen molar-refractivity contribution < 1.29 is 0 Å². The van der Waals surface area contributed by atoms with E-state index >= 15 is 0 Å². The van der Waals surface area contributed by atoms with Gasteiger partial charge in [-0.15, -0.1) is 0 Å². The van der Waals surface area contributed by atoms with Crippen molar-refractivity contribution in [3.63, 3.8) is 0 Å². The van der Waals surface area contributed by atoms with Crippen LogP contribution >= 0.6 is 11.3 Å². The topological polar surface area (TPSA) is 43.8 Å². The van der Waals surface area contributed by atoms with E-state index in [2.05, 4.69) is 57.4 Å². The molecular formula is C17H25N5S. The lowest BCUT2D eigenvalue weighted by Gasteiger charge is -2.35. The van der Waals surface area contributed by atoms with E-state index in [0.717, 1.165) is 55.5 Å². The smallest absolute Gasteiger partial charge is 0.204 e. The first-order valence-electron chi connectivity index (χ1n) is 8.36. The van der Waals surface area contributed by atoms with Crippen LogP contribution in [0.5, 0.6) is 0 Å². The molecule has 0 atom stereocenters. The summed E-state index contributed by atoms with van der Waals surface area (Å²) in [6.07, 6.45) is 0.950. The summed E-state index contributed by atoms with van der Waals surface area (Å²) in [6.45, 7) is 12.0. The number of piperazine rings is 1. The quantitative estimate of drug-likeness (QED) is 0.671. The standard InChI is InChI=1S/C17H25N5S/c1-4-13(3)19-20-17-18-15-7-6-14(12-16(15)23-17)22-10-8-21(5-2)9-11-22/h6-7,12H,4-5,8-11H2,1-3H3,(H,18,20)/b19-13-. The Balaban J connectivity index is 1.74. The van der Waals surface area contributed by atoms with Gasteiger partial charge in [-0.3, -0.25) is 5.43 Å². The van der Waals surface area contributed by atoms with E-state index in [1.54, 1.807) is 11.3 Å². The number of aromatic nitrogens is 1. The maximum atomic E-state index is 4.60. The first kappa shape index (κ1) is 16.2. The normalized spacial score (nSPS) is 17.0. The van der Waals surface area contributed by atoms with Crippen LogP contribution < -0.4 is 10.3 Å². The molecule has 0 saturated carbocycles. The molecule has 1 aliphatic heterocycles. The Morgan fingerprint density at radius 1 is 1.26 bits per heavy atom. The molecule has 2 heterocycles. The number of benzene rings is 1. The Kier molecular flexibility index (Phi) is 5.13. The number of hydrazone groups is 1. The van der Waals surface area contributed by atoms with Gasteiger partial charge >= 0.3 is 0 Å². The summed E-state index contributed by atoms with van der Waals surface area (Å²) < 4.78 is 1.22. The Bertz CT molecular complexity index is 685. The molecule has 1 aliphatic rings. The monoisotopic (exact) mass is 331 g/mol. The number of nitrogens with zero attached hydrogens (tertiary/aromatic N) is 4. The zero-order chi connectivity index (χ0) is 16.2. The maximum absolute atomic E-state index is 4.60. The number of nitrogens with one attached hydrogen (secondary N) is 1. The molecular weight excluding hydrogens is 306 g/mol. The number of likely N-dealkylation sites (N-methyl/N-ethyl adjacent to an activating group) is 1. The molecule has 0 aliphatic carbocycles. The fourth-order valence-electron chi connectivity index (χ4n) is 2.70. The summed E-state index contributed by atoms with van der Waals surface area (Å²) in [5.41, 5.74) is 6.50. The molecule has 1 aromatic heterocycles. The van der Waals surface area contributed by atoms with Crippen LogP contribution in [0, 0.1) is 0 Å². The SMILES string of the molecule is CC/C(C)=N\Nc1nc2ccc(N3CCN(CC)CC3)cc2s1. The zero-order valence-corrected chi connectivity index (χ0v) is 15.0. The van der Waals surface area contributed by atoms with Crippen LogP contribution in [0.2, 0.25) is 0 Å². The number of hydrogen-bond donors (Lipinski definition) is 1. The molecule has 0 radical (unpaired) electrons. The van der Waals surface area contributed by atoms with Crippen molar-refractivity contribution in [2.45, 2.75) is 27.2 Å². The highest BCUT2D eigenvalue weighted by Crippen LogP contribution is 2.30. The van der Waals surface area contributed by atoms with Gasteiger partial charge in [-0.25, -0.2) is 4.98 Å². The van der Waals surface area contributed by atoms with Crippen molar-refractivity contribution >= 4 is 38.1 Å². The van der Waals surface area contributed by atoms with E-state index in [-0.39, 0.29) is 0 Å². The molecule has 2 aromatic rings. The van der Waals surface area contributed by atoms with E-state index in [9.17, 15) is 0 Å². The fourth-order valence-corrected chi connectivity index (χ4v) is 3.54. The lowest BCUT2D eigenvalue weighted by molar-refractivity contribution is 0.271. The molecule has 3 rings (SSSR count). The molecule has 1 saturated heterocycles. The van der Waals surface area contributed by atoms with Crippen molar-refractivity contribution in [1.82, 2.24) is 9.88 Å². The summed E-state index contributed by atoms with van der Waals surface area (Å²) in [7, 11) is 0. The summed E-state index contributed by atoms with van der Waals surface area (Å²) in [4.78, 5) is 9.57. The lowest BCUT2D eigenvalue weighted by Crippen LogP contribution is -2.46. The van der Waals surface area contributed by atoms with Crippen LogP contribution in [-0.4, -0.2) is 48.3 Å². The predicted molar refractivity (Wildman–Crippen MR) is 101 cm³/mol. The van der Waals surface area contributed by atoms with Gasteiger partial charge in [0.1, 0.15) is 0 Å². The molecule has 0 amide bonds. The average molecular weight is 331 g/mol. The molecule has 0 unspecified atom stereocenters. The van der Waals surface area contributed by atoms with Gasteiger partial charge in [0.15, 0.2) is 0 Å². The molecule has 1 N–H and O–H groups in total. The minimum Gasteiger partial charge on any atom is -0.369 e. The first-order chi connectivity index (χ1) is 11.2. The maximum Gasteiger partial charge on any atom is 0.204 e. The van der Waals surface area contributed by atoms with Gasteiger partial charge < -0.3 is 9.80 Å². The highest BCUT2D eigenvalue weighted by atomic mass is 32.1. The van der Waals surface area contributed by atoms with Crippen molar-refractivity contribution in [2.24, 2.45) is 5.10 Å². The third kappa shape index (κ3) is 3.82. The summed E-state index contributed by atoms with van der Waals surface area (Å²) in [5, 5.41) is 5.20. The van der Waals surface area contributed by atoms with E-state index in [1.165, 1.54) is 10.4 Å². The van der Waals surface area contributed by atoms with Crippen molar-refractivity contribution in [1.29, 1.82) is 0 Å². The van der Waals surface area contributed by atoms with Gasteiger partial charge in [-0.2, -0.15) is 5.10 Å². The van der Waals surface area contributed by atoms with Crippen molar-refractivity contribution in [3.8, 4) is 0 Å². The van der Waals surface area contributed by atoms with Gasteiger partial charge in [-0.05, 0) is 38.1 Å². The van der Waals surface area contributed by atoms with Crippen LogP contribution in [0.25, 0.3) is 10.2 Å². The lowest BCUT2D eigenvalue weighted by atomic mass is 10.2. The Labute approximate surface area is 142 Å². The molecule has 5 nitrogen and oxygen atoms in total. The van der Waals surface area contributed by atoms with Gasteiger partial charge in [0.05, 0.1) is 10.2 Å². The average Bonchev–Trinajstić information content (AvgIpc) is 3.01. The second-order valence-corrected chi connectivity index (χ2v) is 6.94. The van der Waals surface area contributed by atoms with E-state index in [4.69, 9.17) is 0 Å². The van der Waals surface area contributed by atoms with Crippen LogP contribution in [0.4, 0.5) is 10.8 Å².